The zero-order chi connectivity index (χ0) is 13.7. The number of benzene rings is 1. The molecule has 0 atom stereocenters. The molecule has 2 aromatic rings. The van der Waals surface area contributed by atoms with E-state index in [-0.39, 0.29) is 5.57 Å². The Bertz CT molecular complexity index is 685. The van der Waals surface area contributed by atoms with Crippen molar-refractivity contribution < 1.29 is 0 Å². The fourth-order valence-corrected chi connectivity index (χ4v) is 2.37. The Balaban J connectivity index is 2.36. The minimum atomic E-state index is 0.0373. The summed E-state index contributed by atoms with van der Waals surface area (Å²) >= 11 is 1.60. The number of hydrogen-bond acceptors (Lipinski definition) is 5. The Labute approximate surface area is 115 Å². The molecule has 1 heterocycles. The molecule has 0 saturated heterocycles. The van der Waals surface area contributed by atoms with Gasteiger partial charge in [0, 0.05) is 23.6 Å². The molecule has 1 aromatic heterocycles. The first-order valence-corrected chi connectivity index (χ1v) is 6.35. The highest BCUT2D eigenvalue weighted by molar-refractivity contribution is 7.15. The maximum atomic E-state index is 8.70. The summed E-state index contributed by atoms with van der Waals surface area (Å²) in [5.41, 5.74) is 1.88. The van der Waals surface area contributed by atoms with Crippen molar-refractivity contribution in [3.8, 4) is 22.6 Å². The Morgan fingerprint density at radius 1 is 1.32 bits per heavy atom. The number of anilines is 1. The number of nitrogens with one attached hydrogen (secondary N) is 1. The minimum absolute atomic E-state index is 0.0373. The minimum Gasteiger partial charge on any atom is -0.359 e. The molecule has 0 aliphatic rings. The molecule has 0 aliphatic carbocycles. The summed E-state index contributed by atoms with van der Waals surface area (Å²) < 4.78 is 0. The molecule has 19 heavy (non-hydrogen) atoms. The van der Waals surface area contributed by atoms with Crippen LogP contribution in [-0.2, 0) is 0 Å². The molecule has 2 rings (SSSR count). The predicted octanol–water partition coefficient (Wildman–Crippen LogP) is 3.46. The van der Waals surface area contributed by atoms with Gasteiger partial charge in [-0.15, -0.1) is 11.3 Å². The summed E-state index contributed by atoms with van der Waals surface area (Å²) in [6, 6.07) is 11.3. The molecule has 92 valence electrons. The normalized spacial score (nSPS) is 9.21. The Morgan fingerprint density at radius 2 is 2.05 bits per heavy atom. The molecule has 0 saturated carbocycles. The summed E-state index contributed by atoms with van der Waals surface area (Å²) in [6.45, 7) is 1.95. The first-order valence-electron chi connectivity index (χ1n) is 5.53. The second kappa shape index (κ2) is 5.81. The molecule has 0 fully saturated rings. The topological polar surface area (TPSA) is 72.5 Å². The average Bonchev–Trinajstić information content (AvgIpc) is 2.87. The summed E-state index contributed by atoms with van der Waals surface area (Å²) in [5.74, 6) is 0. The molecule has 0 amide bonds. The van der Waals surface area contributed by atoms with Gasteiger partial charge in [0.15, 0.2) is 0 Å². The molecule has 0 radical (unpaired) electrons. The van der Waals surface area contributed by atoms with Gasteiger partial charge in [0.05, 0.1) is 9.88 Å². The van der Waals surface area contributed by atoms with Gasteiger partial charge in [-0.3, -0.25) is 0 Å². The van der Waals surface area contributed by atoms with Gasteiger partial charge in [-0.2, -0.15) is 10.5 Å². The lowest BCUT2D eigenvalue weighted by Gasteiger charge is -2.06. The van der Waals surface area contributed by atoms with Crippen molar-refractivity contribution in [1.82, 2.24) is 4.98 Å². The number of allylic oxidation sites excluding steroid dienone is 1. The van der Waals surface area contributed by atoms with Gasteiger partial charge in [0.25, 0.3) is 0 Å². The van der Waals surface area contributed by atoms with E-state index in [0.29, 0.717) is 0 Å². The van der Waals surface area contributed by atoms with E-state index in [4.69, 9.17) is 10.5 Å². The largest absolute Gasteiger partial charge is 0.359 e. The molecule has 5 heteroatoms. The Morgan fingerprint density at radius 3 is 2.68 bits per heavy atom. The van der Waals surface area contributed by atoms with E-state index in [0.717, 1.165) is 21.1 Å². The van der Waals surface area contributed by atoms with E-state index in [2.05, 4.69) is 10.3 Å². The summed E-state index contributed by atoms with van der Waals surface area (Å²) in [5, 5.41) is 21.4. The molecule has 0 unspecified atom stereocenters. The summed E-state index contributed by atoms with van der Waals surface area (Å²) in [4.78, 5) is 5.28. The highest BCUT2D eigenvalue weighted by atomic mass is 32.1. The van der Waals surface area contributed by atoms with Crippen LogP contribution in [0.3, 0.4) is 0 Å². The lowest BCUT2D eigenvalue weighted by molar-refractivity contribution is 1.30. The van der Waals surface area contributed by atoms with E-state index in [1.807, 2.05) is 49.5 Å². The maximum absolute atomic E-state index is 8.70. The Kier molecular flexibility index (Phi) is 3.92. The quantitative estimate of drug-likeness (QED) is 0.863. The van der Waals surface area contributed by atoms with E-state index < -0.39 is 0 Å². The average molecular weight is 266 g/mol. The first kappa shape index (κ1) is 12.8. The number of thiazole rings is 1. The number of aromatic nitrogens is 1. The fourth-order valence-electron chi connectivity index (χ4n) is 1.55. The van der Waals surface area contributed by atoms with E-state index in [1.165, 1.54) is 6.20 Å². The second-order valence-electron chi connectivity index (χ2n) is 3.72. The van der Waals surface area contributed by atoms with Crippen molar-refractivity contribution in [2.45, 2.75) is 6.92 Å². The lowest BCUT2D eigenvalue weighted by atomic mass is 10.1. The number of nitriles is 2. The van der Waals surface area contributed by atoms with Crippen LogP contribution in [0.4, 0.5) is 5.69 Å². The number of nitrogens with zero attached hydrogens (tertiary/aromatic N) is 3. The molecule has 0 bridgehead atoms. The van der Waals surface area contributed by atoms with E-state index in [1.54, 1.807) is 11.3 Å². The third-order valence-electron chi connectivity index (χ3n) is 2.43. The van der Waals surface area contributed by atoms with Gasteiger partial charge < -0.3 is 5.32 Å². The number of aryl methyl sites for hydroxylation is 1. The molecule has 1 aromatic carbocycles. The van der Waals surface area contributed by atoms with E-state index >= 15 is 0 Å². The van der Waals surface area contributed by atoms with Gasteiger partial charge in [0.2, 0.25) is 0 Å². The third-order valence-corrected chi connectivity index (χ3v) is 3.37. The van der Waals surface area contributed by atoms with Crippen LogP contribution in [0.1, 0.15) is 5.01 Å². The van der Waals surface area contributed by atoms with Crippen molar-refractivity contribution in [3.63, 3.8) is 0 Å². The highest BCUT2D eigenvalue weighted by Crippen LogP contribution is 2.31. The highest BCUT2D eigenvalue weighted by Gasteiger charge is 2.06. The van der Waals surface area contributed by atoms with Crippen LogP contribution in [0.2, 0.25) is 0 Å². The zero-order valence-electron chi connectivity index (χ0n) is 10.2. The smallest absolute Gasteiger partial charge is 0.145 e. The van der Waals surface area contributed by atoms with Gasteiger partial charge >= 0.3 is 0 Å². The van der Waals surface area contributed by atoms with Crippen LogP contribution in [0.15, 0.2) is 42.2 Å². The van der Waals surface area contributed by atoms with Gasteiger partial charge in [-0.1, -0.05) is 18.2 Å². The van der Waals surface area contributed by atoms with Crippen LogP contribution in [-0.4, -0.2) is 4.98 Å². The van der Waals surface area contributed by atoms with Gasteiger partial charge in [-0.05, 0) is 13.0 Å². The van der Waals surface area contributed by atoms with Crippen LogP contribution in [0.5, 0.6) is 0 Å². The first-order chi connectivity index (χ1) is 9.24. The number of para-hydroxylation sites is 1. The lowest BCUT2D eigenvalue weighted by Crippen LogP contribution is -1.92. The molecule has 1 N–H and O–H groups in total. The fraction of sp³-hybridized carbons (Fsp3) is 0.0714. The zero-order valence-corrected chi connectivity index (χ0v) is 11.0. The number of hydrogen-bond donors (Lipinski definition) is 1. The van der Waals surface area contributed by atoms with Crippen LogP contribution >= 0.6 is 11.3 Å². The van der Waals surface area contributed by atoms with Crippen molar-refractivity contribution in [2.75, 3.05) is 5.32 Å². The van der Waals surface area contributed by atoms with Crippen LogP contribution in [0, 0.1) is 29.6 Å². The monoisotopic (exact) mass is 266 g/mol. The van der Waals surface area contributed by atoms with Crippen LogP contribution < -0.4 is 5.32 Å². The van der Waals surface area contributed by atoms with Gasteiger partial charge in [0.1, 0.15) is 17.7 Å². The van der Waals surface area contributed by atoms with Crippen LogP contribution in [0.25, 0.3) is 10.4 Å². The van der Waals surface area contributed by atoms with Gasteiger partial charge in [-0.25, -0.2) is 4.98 Å². The molecule has 0 spiro atoms. The van der Waals surface area contributed by atoms with Crippen molar-refractivity contribution in [1.29, 1.82) is 10.5 Å². The predicted molar refractivity (Wildman–Crippen MR) is 75.2 cm³/mol. The molecule has 4 nitrogen and oxygen atoms in total. The van der Waals surface area contributed by atoms with Crippen molar-refractivity contribution in [2.24, 2.45) is 0 Å². The SMILES string of the molecule is Cc1ncc(-c2ccccc2NC=C(C#N)C#N)s1. The Hall–Kier alpha value is -2.63. The third kappa shape index (κ3) is 2.98. The second-order valence-corrected chi connectivity index (χ2v) is 4.95. The number of rotatable bonds is 3. The molecular weight excluding hydrogens is 256 g/mol. The summed E-state index contributed by atoms with van der Waals surface area (Å²) in [6.07, 6.45) is 3.23. The summed E-state index contributed by atoms with van der Waals surface area (Å²) in [7, 11) is 0. The molecular formula is C14H10N4S. The van der Waals surface area contributed by atoms with E-state index in [9.17, 15) is 0 Å². The maximum Gasteiger partial charge on any atom is 0.145 e. The standard InChI is InChI=1S/C14H10N4S/c1-10-17-9-14(19-10)12-4-2-3-5-13(12)18-8-11(6-15)7-16/h2-5,8-9,18H,1H3. The molecule has 0 aliphatic heterocycles. The van der Waals surface area contributed by atoms with Crippen molar-refractivity contribution in [3.05, 3.63) is 47.2 Å². The van der Waals surface area contributed by atoms with Crippen molar-refractivity contribution >= 4 is 17.0 Å².